The third kappa shape index (κ3) is 4.49. The molecule has 1 N–H and O–H groups in total. The van der Waals surface area contributed by atoms with Crippen molar-refractivity contribution in [2.24, 2.45) is 7.05 Å². The third-order valence-corrected chi connectivity index (χ3v) is 2.49. The van der Waals surface area contributed by atoms with Crippen LogP contribution in [0.4, 0.5) is 0 Å². The fourth-order valence-electron chi connectivity index (χ4n) is 1.72. The van der Waals surface area contributed by atoms with Gasteiger partial charge >= 0.3 is 0 Å². The fraction of sp³-hybridized carbons (Fsp3) is 0.667. The molecule has 3 nitrogen and oxygen atoms in total. The zero-order chi connectivity index (χ0) is 11.1. The Morgan fingerprint density at radius 2 is 2.33 bits per heavy atom. The van der Waals surface area contributed by atoms with Crippen LogP contribution in [0, 0.1) is 0 Å². The van der Waals surface area contributed by atoms with E-state index in [1.807, 2.05) is 7.05 Å². The van der Waals surface area contributed by atoms with E-state index in [9.17, 15) is 0 Å². The van der Waals surface area contributed by atoms with E-state index < -0.39 is 0 Å². The summed E-state index contributed by atoms with van der Waals surface area (Å²) in [6.45, 7) is 3.92. The second-order valence-electron chi connectivity index (χ2n) is 4.01. The van der Waals surface area contributed by atoms with Gasteiger partial charge in [-0.25, -0.2) is 0 Å². The Morgan fingerprint density at radius 3 is 2.87 bits per heavy atom. The average molecular weight is 210 g/mol. The fourth-order valence-corrected chi connectivity index (χ4v) is 1.72. The predicted octanol–water partition coefficient (Wildman–Crippen LogP) is 1.93. The van der Waals surface area contributed by atoms with Crippen molar-refractivity contribution < 1.29 is 4.74 Å². The number of ether oxygens (including phenoxy) is 1. The Kier molecular flexibility index (Phi) is 5.43. The first-order valence-electron chi connectivity index (χ1n) is 5.59. The summed E-state index contributed by atoms with van der Waals surface area (Å²) in [7, 11) is 3.80. The molecule has 0 amide bonds. The Balaban J connectivity index is 2.32. The highest BCUT2D eigenvalue weighted by molar-refractivity contribution is 5.09. The maximum atomic E-state index is 5.18. The molecule has 0 bridgehead atoms. The molecule has 0 saturated heterocycles. The zero-order valence-electron chi connectivity index (χ0n) is 9.99. The second kappa shape index (κ2) is 6.64. The largest absolute Gasteiger partial charge is 0.383 e. The molecule has 1 rings (SSSR count). The lowest BCUT2D eigenvalue weighted by Gasteiger charge is -2.16. The van der Waals surface area contributed by atoms with Gasteiger partial charge in [-0.15, -0.1) is 0 Å². The number of hydrogen-bond donors (Lipinski definition) is 1. The number of hydrogen-bond acceptors (Lipinski definition) is 2. The van der Waals surface area contributed by atoms with E-state index in [1.165, 1.54) is 18.4 Å². The minimum Gasteiger partial charge on any atom is -0.383 e. The Labute approximate surface area is 92.4 Å². The number of nitrogens with one attached hydrogen (secondary N) is 1. The van der Waals surface area contributed by atoms with Gasteiger partial charge in [-0.2, -0.15) is 0 Å². The molecule has 1 aromatic rings. The lowest BCUT2D eigenvalue weighted by Crippen LogP contribution is -2.32. The van der Waals surface area contributed by atoms with Crippen LogP contribution >= 0.6 is 0 Å². The first-order valence-corrected chi connectivity index (χ1v) is 5.59. The van der Waals surface area contributed by atoms with Crippen molar-refractivity contribution in [3.8, 4) is 0 Å². The van der Waals surface area contributed by atoms with Gasteiger partial charge in [0.1, 0.15) is 0 Å². The molecule has 0 aliphatic rings. The van der Waals surface area contributed by atoms with E-state index in [4.69, 9.17) is 4.74 Å². The van der Waals surface area contributed by atoms with Gasteiger partial charge in [0.2, 0.25) is 0 Å². The molecule has 3 heteroatoms. The first-order chi connectivity index (χ1) is 7.26. The molecular weight excluding hydrogens is 188 g/mol. The van der Waals surface area contributed by atoms with E-state index in [0.29, 0.717) is 6.04 Å². The van der Waals surface area contributed by atoms with Gasteiger partial charge in [-0.3, -0.25) is 0 Å². The molecule has 1 atom stereocenters. The standard InChI is InChI=1S/C12H22N2O/c1-4-5-12(10-15-3)13-8-11-6-7-14(2)9-11/h6-7,9,12-13H,4-5,8,10H2,1-3H3. The number of aryl methyl sites for hydroxylation is 1. The van der Waals surface area contributed by atoms with Gasteiger partial charge in [0.05, 0.1) is 6.61 Å². The molecule has 0 fully saturated rings. The summed E-state index contributed by atoms with van der Waals surface area (Å²) >= 11 is 0. The zero-order valence-corrected chi connectivity index (χ0v) is 9.99. The van der Waals surface area contributed by atoms with Crippen molar-refractivity contribution in [2.45, 2.75) is 32.4 Å². The SMILES string of the molecule is CCCC(COC)NCc1ccn(C)c1. The van der Waals surface area contributed by atoms with Gasteiger partial charge < -0.3 is 14.6 Å². The van der Waals surface area contributed by atoms with Crippen molar-refractivity contribution in [3.63, 3.8) is 0 Å². The van der Waals surface area contributed by atoms with Crippen molar-refractivity contribution in [3.05, 3.63) is 24.0 Å². The highest BCUT2D eigenvalue weighted by Gasteiger charge is 2.06. The summed E-state index contributed by atoms with van der Waals surface area (Å²) in [5.74, 6) is 0. The van der Waals surface area contributed by atoms with Crippen LogP contribution in [-0.2, 0) is 18.3 Å². The number of nitrogens with zero attached hydrogens (tertiary/aromatic N) is 1. The Morgan fingerprint density at radius 1 is 1.53 bits per heavy atom. The minimum atomic E-state index is 0.472. The molecule has 1 heterocycles. The van der Waals surface area contributed by atoms with Crippen molar-refractivity contribution >= 4 is 0 Å². The molecule has 0 spiro atoms. The van der Waals surface area contributed by atoms with Crippen LogP contribution in [0.5, 0.6) is 0 Å². The van der Waals surface area contributed by atoms with Gasteiger partial charge in [0.25, 0.3) is 0 Å². The quantitative estimate of drug-likeness (QED) is 0.744. The number of rotatable bonds is 7. The Bertz CT molecular complexity index is 264. The monoisotopic (exact) mass is 210 g/mol. The lowest BCUT2D eigenvalue weighted by molar-refractivity contribution is 0.161. The Hall–Kier alpha value is -0.800. The maximum absolute atomic E-state index is 5.18. The predicted molar refractivity (Wildman–Crippen MR) is 62.8 cm³/mol. The molecule has 1 unspecified atom stereocenters. The minimum absolute atomic E-state index is 0.472. The normalized spacial score (nSPS) is 13.0. The molecule has 15 heavy (non-hydrogen) atoms. The van der Waals surface area contributed by atoms with Gasteiger partial charge in [0, 0.05) is 39.1 Å². The van der Waals surface area contributed by atoms with Gasteiger partial charge in [-0.1, -0.05) is 13.3 Å². The van der Waals surface area contributed by atoms with E-state index in [0.717, 1.165) is 13.2 Å². The topological polar surface area (TPSA) is 26.2 Å². The lowest BCUT2D eigenvalue weighted by atomic mass is 10.1. The third-order valence-electron chi connectivity index (χ3n) is 2.49. The summed E-state index contributed by atoms with van der Waals surface area (Å²) in [6, 6.07) is 2.61. The molecule has 86 valence electrons. The van der Waals surface area contributed by atoms with Crippen LogP contribution in [0.1, 0.15) is 25.3 Å². The highest BCUT2D eigenvalue weighted by Crippen LogP contribution is 2.02. The molecule has 0 aliphatic carbocycles. The van der Waals surface area contributed by atoms with Crippen molar-refractivity contribution in [2.75, 3.05) is 13.7 Å². The van der Waals surface area contributed by atoms with Crippen LogP contribution < -0.4 is 5.32 Å². The first kappa shape index (κ1) is 12.3. The summed E-state index contributed by atoms with van der Waals surface area (Å²) in [4.78, 5) is 0. The molecule has 0 saturated carbocycles. The number of aromatic nitrogens is 1. The van der Waals surface area contributed by atoms with Crippen molar-refractivity contribution in [1.29, 1.82) is 0 Å². The smallest absolute Gasteiger partial charge is 0.0615 e. The van der Waals surface area contributed by atoms with E-state index >= 15 is 0 Å². The van der Waals surface area contributed by atoms with Crippen molar-refractivity contribution in [1.82, 2.24) is 9.88 Å². The maximum Gasteiger partial charge on any atom is 0.0615 e. The second-order valence-corrected chi connectivity index (χ2v) is 4.01. The number of methoxy groups -OCH3 is 1. The van der Waals surface area contributed by atoms with Crippen LogP contribution in [-0.4, -0.2) is 24.3 Å². The van der Waals surface area contributed by atoms with Gasteiger partial charge in [0.15, 0.2) is 0 Å². The van der Waals surface area contributed by atoms with Crippen LogP contribution in [0.15, 0.2) is 18.5 Å². The summed E-state index contributed by atoms with van der Waals surface area (Å²) in [5.41, 5.74) is 1.33. The van der Waals surface area contributed by atoms with Crippen LogP contribution in [0.2, 0.25) is 0 Å². The van der Waals surface area contributed by atoms with Crippen LogP contribution in [0.3, 0.4) is 0 Å². The van der Waals surface area contributed by atoms with E-state index in [1.54, 1.807) is 7.11 Å². The average Bonchev–Trinajstić information content (AvgIpc) is 2.61. The summed E-state index contributed by atoms with van der Waals surface area (Å²) in [5, 5.41) is 3.51. The molecule has 1 aromatic heterocycles. The molecule has 0 aromatic carbocycles. The van der Waals surface area contributed by atoms with Crippen LogP contribution in [0.25, 0.3) is 0 Å². The molecular formula is C12H22N2O. The van der Waals surface area contributed by atoms with E-state index in [2.05, 4.69) is 35.3 Å². The summed E-state index contributed by atoms with van der Waals surface area (Å²) < 4.78 is 7.25. The molecule has 0 radical (unpaired) electrons. The van der Waals surface area contributed by atoms with E-state index in [-0.39, 0.29) is 0 Å². The molecule has 0 aliphatic heterocycles. The summed E-state index contributed by atoms with van der Waals surface area (Å²) in [6.07, 6.45) is 6.57. The highest BCUT2D eigenvalue weighted by atomic mass is 16.5. The van der Waals surface area contributed by atoms with Gasteiger partial charge in [-0.05, 0) is 18.1 Å².